The maximum atomic E-state index is 13.8. The summed E-state index contributed by atoms with van der Waals surface area (Å²) in [6, 6.07) is 8.04. The molecule has 0 aliphatic carbocycles. The van der Waals surface area contributed by atoms with E-state index in [1.165, 1.54) is 0 Å². The number of amides is 3. The van der Waals surface area contributed by atoms with Gasteiger partial charge in [-0.25, -0.2) is 4.79 Å². The van der Waals surface area contributed by atoms with Gasteiger partial charge in [0.15, 0.2) is 24.5 Å². The van der Waals surface area contributed by atoms with Crippen molar-refractivity contribution in [1.29, 1.82) is 0 Å². The van der Waals surface area contributed by atoms with Crippen LogP contribution in [0.2, 0.25) is 0 Å². The van der Waals surface area contributed by atoms with Crippen LogP contribution in [-0.4, -0.2) is 121 Å². The van der Waals surface area contributed by atoms with Crippen molar-refractivity contribution in [2.45, 2.75) is 118 Å². The molecule has 18 nitrogen and oxygen atoms in total. The predicted molar refractivity (Wildman–Crippen MR) is 192 cm³/mol. The number of nitrogens with one attached hydrogen (secondary N) is 3. The van der Waals surface area contributed by atoms with E-state index in [9.17, 15) is 38.4 Å². The highest BCUT2D eigenvalue weighted by Crippen LogP contribution is 2.28. The standard InChI is InChI=1S/C37H54N4O14/c1-21(2)15-27(36(49)55-37(7,8)9)40-29(46)19-41(30(47)17-38-16-26-13-11-10-12-14-26)31(48)18-39-35-34(53-25(6)45)33(52-24(5)44)32(51-23(4)43)28(54-35)20-50-22(3)42/h10-14,21,27-28,32-35,38-39H,15-20H2,1-9H3,(H,40,46)/t27-,28+,32-,33-,34+,35+/m0/s1. The highest BCUT2D eigenvalue weighted by Gasteiger charge is 2.52. The van der Waals surface area contributed by atoms with Gasteiger partial charge in [-0.05, 0) is 38.7 Å². The molecular formula is C37H54N4O14. The molecule has 0 radical (unpaired) electrons. The van der Waals surface area contributed by atoms with E-state index < -0.39 is 110 Å². The number of hydrogen-bond donors (Lipinski definition) is 3. The second-order valence-electron chi connectivity index (χ2n) is 14.2. The minimum atomic E-state index is -1.53. The molecule has 18 heteroatoms. The van der Waals surface area contributed by atoms with E-state index in [2.05, 4.69) is 16.0 Å². The van der Waals surface area contributed by atoms with Crippen molar-refractivity contribution >= 4 is 47.6 Å². The van der Waals surface area contributed by atoms with Gasteiger partial charge in [-0.2, -0.15) is 0 Å². The molecule has 6 atom stereocenters. The van der Waals surface area contributed by atoms with Crippen LogP contribution in [-0.2, 0) is 73.3 Å². The van der Waals surface area contributed by atoms with E-state index >= 15 is 0 Å². The fourth-order valence-corrected chi connectivity index (χ4v) is 5.44. The van der Waals surface area contributed by atoms with Crippen LogP contribution in [0.5, 0.6) is 0 Å². The van der Waals surface area contributed by atoms with Gasteiger partial charge in [0, 0.05) is 34.2 Å². The molecule has 3 N–H and O–H groups in total. The Labute approximate surface area is 320 Å². The number of nitrogens with zero attached hydrogens (tertiary/aromatic N) is 1. The van der Waals surface area contributed by atoms with Crippen molar-refractivity contribution in [2.24, 2.45) is 5.92 Å². The lowest BCUT2D eigenvalue weighted by Gasteiger charge is -2.44. The number of rotatable bonds is 18. The largest absolute Gasteiger partial charge is 0.463 e. The predicted octanol–water partition coefficient (Wildman–Crippen LogP) is 0.677. The topological polar surface area (TPSA) is 231 Å². The van der Waals surface area contributed by atoms with Crippen LogP contribution in [0.25, 0.3) is 0 Å². The second kappa shape index (κ2) is 21.8. The molecule has 1 aromatic rings. The summed E-state index contributed by atoms with van der Waals surface area (Å²) < 4.78 is 32.8. The molecule has 55 heavy (non-hydrogen) atoms. The minimum Gasteiger partial charge on any atom is -0.463 e. The average Bonchev–Trinajstić information content (AvgIpc) is 3.06. The molecule has 1 heterocycles. The molecule has 1 aliphatic rings. The van der Waals surface area contributed by atoms with Crippen LogP contribution in [0, 0.1) is 5.92 Å². The zero-order valence-corrected chi connectivity index (χ0v) is 32.8. The van der Waals surface area contributed by atoms with Crippen molar-refractivity contribution in [3.05, 3.63) is 35.9 Å². The Morgan fingerprint density at radius 2 is 1.35 bits per heavy atom. The summed E-state index contributed by atoms with van der Waals surface area (Å²) in [5.41, 5.74) is 0.00488. The van der Waals surface area contributed by atoms with E-state index in [0.29, 0.717) is 4.90 Å². The molecule has 3 amide bonds. The van der Waals surface area contributed by atoms with Crippen molar-refractivity contribution in [3.8, 4) is 0 Å². The summed E-state index contributed by atoms with van der Waals surface area (Å²) in [6.07, 6.45) is -7.03. The molecule has 0 spiro atoms. The first-order valence-electron chi connectivity index (χ1n) is 17.8. The summed E-state index contributed by atoms with van der Waals surface area (Å²) in [5.74, 6) is -6.53. The van der Waals surface area contributed by atoms with E-state index in [1.54, 1.807) is 20.8 Å². The van der Waals surface area contributed by atoms with E-state index in [0.717, 1.165) is 33.3 Å². The van der Waals surface area contributed by atoms with Crippen LogP contribution in [0.1, 0.15) is 74.3 Å². The Morgan fingerprint density at radius 1 is 0.782 bits per heavy atom. The molecule has 0 saturated carbocycles. The molecule has 0 bridgehead atoms. The van der Waals surface area contributed by atoms with E-state index in [4.69, 9.17) is 28.4 Å². The Hall–Kier alpha value is -4.94. The number of imide groups is 1. The molecule has 0 unspecified atom stereocenters. The van der Waals surface area contributed by atoms with E-state index in [-0.39, 0.29) is 25.4 Å². The minimum absolute atomic E-state index is 0.0369. The zero-order valence-electron chi connectivity index (χ0n) is 32.8. The summed E-state index contributed by atoms with van der Waals surface area (Å²) in [5, 5.41) is 8.26. The molecule has 0 aromatic heterocycles. The van der Waals surface area contributed by atoms with Gasteiger partial charge in [0.2, 0.25) is 17.7 Å². The maximum absolute atomic E-state index is 13.8. The van der Waals surface area contributed by atoms with Gasteiger partial charge >= 0.3 is 29.8 Å². The Kier molecular flexibility index (Phi) is 18.3. The van der Waals surface area contributed by atoms with Crippen molar-refractivity contribution in [1.82, 2.24) is 20.9 Å². The first-order chi connectivity index (χ1) is 25.7. The van der Waals surface area contributed by atoms with Crippen molar-refractivity contribution in [2.75, 3.05) is 26.2 Å². The van der Waals surface area contributed by atoms with Gasteiger partial charge in [0.1, 0.15) is 30.9 Å². The second-order valence-corrected chi connectivity index (χ2v) is 14.2. The number of hydrogen-bond acceptors (Lipinski definition) is 16. The maximum Gasteiger partial charge on any atom is 0.329 e. The molecule has 306 valence electrons. The molecule has 1 saturated heterocycles. The third-order valence-electron chi connectivity index (χ3n) is 7.53. The van der Waals surface area contributed by atoms with Crippen LogP contribution in [0.15, 0.2) is 30.3 Å². The lowest BCUT2D eigenvalue weighted by Crippen LogP contribution is -2.66. The fraction of sp³-hybridized carbons (Fsp3) is 0.622. The highest BCUT2D eigenvalue weighted by molar-refractivity contribution is 6.01. The normalized spacial score (nSPS) is 20.0. The SMILES string of the molecule is CC(=O)OC[C@H]1O[C@@H](NCC(=O)N(CC(=O)N[C@@H](CC(C)C)C(=O)OC(C)(C)C)C(=O)CNCc2ccccc2)[C@H](OC(C)=O)[C@@H](OC(C)=O)[C@H]1OC(C)=O. The van der Waals surface area contributed by atoms with Crippen LogP contribution < -0.4 is 16.0 Å². The summed E-state index contributed by atoms with van der Waals surface area (Å²) >= 11 is 0. The smallest absolute Gasteiger partial charge is 0.329 e. The molecule has 1 fully saturated rings. The number of esters is 5. The van der Waals surface area contributed by atoms with Crippen LogP contribution >= 0.6 is 0 Å². The monoisotopic (exact) mass is 778 g/mol. The first-order valence-corrected chi connectivity index (χ1v) is 17.8. The van der Waals surface area contributed by atoms with Crippen LogP contribution in [0.3, 0.4) is 0 Å². The lowest BCUT2D eigenvalue weighted by molar-refractivity contribution is -0.257. The Balaban J connectivity index is 2.41. The van der Waals surface area contributed by atoms with Gasteiger partial charge < -0.3 is 39.1 Å². The van der Waals surface area contributed by atoms with Crippen LogP contribution in [0.4, 0.5) is 0 Å². The van der Waals surface area contributed by atoms with Gasteiger partial charge in [0.25, 0.3) is 0 Å². The molecule has 1 aliphatic heterocycles. The van der Waals surface area contributed by atoms with Gasteiger partial charge in [-0.3, -0.25) is 43.8 Å². The molecule has 2 rings (SSSR count). The third-order valence-corrected chi connectivity index (χ3v) is 7.53. The third kappa shape index (κ3) is 17.0. The zero-order chi connectivity index (χ0) is 41.5. The Morgan fingerprint density at radius 3 is 1.89 bits per heavy atom. The number of carbonyl (C=O) groups excluding carboxylic acids is 8. The molecular weight excluding hydrogens is 724 g/mol. The Bertz CT molecular complexity index is 1510. The highest BCUT2D eigenvalue weighted by atomic mass is 16.7. The molecule has 1 aromatic carbocycles. The quantitative estimate of drug-likeness (QED) is 0.137. The van der Waals surface area contributed by atoms with Gasteiger partial charge in [0.05, 0.1) is 13.1 Å². The lowest BCUT2D eigenvalue weighted by atomic mass is 9.97. The summed E-state index contributed by atoms with van der Waals surface area (Å²) in [6.45, 7) is 10.9. The van der Waals surface area contributed by atoms with Crippen molar-refractivity contribution in [3.63, 3.8) is 0 Å². The van der Waals surface area contributed by atoms with Gasteiger partial charge in [-0.15, -0.1) is 0 Å². The van der Waals surface area contributed by atoms with E-state index in [1.807, 2.05) is 44.2 Å². The average molecular weight is 779 g/mol. The van der Waals surface area contributed by atoms with Gasteiger partial charge in [-0.1, -0.05) is 44.2 Å². The summed E-state index contributed by atoms with van der Waals surface area (Å²) in [7, 11) is 0. The number of carbonyl (C=O) groups is 8. The van der Waals surface area contributed by atoms with Crippen molar-refractivity contribution < 1.29 is 66.8 Å². The fourth-order valence-electron chi connectivity index (χ4n) is 5.44. The summed E-state index contributed by atoms with van der Waals surface area (Å²) in [4.78, 5) is 103. The number of benzene rings is 1. The first kappa shape index (κ1) is 46.2. The number of ether oxygens (including phenoxy) is 6.